The van der Waals surface area contributed by atoms with Crippen molar-refractivity contribution in [2.45, 2.75) is 54.0 Å². The normalized spacial score (nSPS) is 11.8. The Labute approximate surface area is 128 Å². The Bertz CT molecular complexity index is 370. The van der Waals surface area contributed by atoms with Crippen molar-refractivity contribution >= 4 is 11.3 Å². The minimum atomic E-state index is 0.704. The zero-order valence-electron chi connectivity index (χ0n) is 13.8. The first kappa shape index (κ1) is 17.6. The molecule has 20 heavy (non-hydrogen) atoms. The second-order valence-electron chi connectivity index (χ2n) is 5.63. The molecule has 0 aliphatic rings. The molecule has 0 amide bonds. The van der Waals surface area contributed by atoms with Crippen LogP contribution < -0.4 is 5.32 Å². The first-order valence-electron chi connectivity index (χ1n) is 8.01. The van der Waals surface area contributed by atoms with E-state index in [-0.39, 0.29) is 0 Å². The molecule has 0 spiro atoms. The summed E-state index contributed by atoms with van der Waals surface area (Å²) in [6.45, 7) is 16.6. The number of likely N-dealkylation sites (N-methyl/N-ethyl adjacent to an activating group) is 1. The molecule has 0 aromatic carbocycles. The van der Waals surface area contributed by atoms with Crippen molar-refractivity contribution in [3.8, 4) is 0 Å². The highest BCUT2D eigenvalue weighted by atomic mass is 32.1. The number of hydrogen-bond donors (Lipinski definition) is 1. The van der Waals surface area contributed by atoms with E-state index in [0.717, 1.165) is 45.6 Å². The van der Waals surface area contributed by atoms with Gasteiger partial charge in [-0.2, -0.15) is 0 Å². The number of nitrogens with one attached hydrogen (secondary N) is 1. The lowest BCUT2D eigenvalue weighted by Crippen LogP contribution is -2.25. The maximum Gasteiger partial charge on any atom is 0.0944 e. The third-order valence-electron chi connectivity index (χ3n) is 3.53. The predicted octanol–water partition coefficient (Wildman–Crippen LogP) is 3.34. The van der Waals surface area contributed by atoms with Crippen LogP contribution in [-0.2, 0) is 19.4 Å². The molecule has 0 aliphatic carbocycles. The van der Waals surface area contributed by atoms with Crippen molar-refractivity contribution in [2.75, 3.05) is 26.2 Å². The molecule has 1 aromatic heterocycles. The van der Waals surface area contributed by atoms with Gasteiger partial charge in [0.15, 0.2) is 0 Å². The summed E-state index contributed by atoms with van der Waals surface area (Å²) in [6.07, 6.45) is 2.13. The van der Waals surface area contributed by atoms with Gasteiger partial charge in [-0.3, -0.25) is 0 Å². The number of thiazole rings is 1. The first-order valence-corrected chi connectivity index (χ1v) is 8.82. The molecular weight excluding hydrogens is 266 g/mol. The fourth-order valence-electron chi connectivity index (χ4n) is 2.23. The molecule has 3 nitrogen and oxygen atoms in total. The minimum Gasteiger partial charge on any atom is -0.312 e. The van der Waals surface area contributed by atoms with Gasteiger partial charge in [0.05, 0.1) is 10.7 Å². The van der Waals surface area contributed by atoms with Crippen LogP contribution in [0.1, 0.15) is 50.2 Å². The Hall–Kier alpha value is -0.450. The Morgan fingerprint density at radius 1 is 1.20 bits per heavy atom. The van der Waals surface area contributed by atoms with Crippen LogP contribution in [0.2, 0.25) is 0 Å². The molecule has 0 atom stereocenters. The predicted molar refractivity (Wildman–Crippen MR) is 89.5 cm³/mol. The van der Waals surface area contributed by atoms with E-state index in [4.69, 9.17) is 4.98 Å². The highest BCUT2D eigenvalue weighted by Gasteiger charge is 2.10. The van der Waals surface area contributed by atoms with Crippen molar-refractivity contribution in [1.82, 2.24) is 15.2 Å². The van der Waals surface area contributed by atoms with Crippen LogP contribution >= 0.6 is 11.3 Å². The molecule has 0 saturated carbocycles. The quantitative estimate of drug-likeness (QED) is 0.718. The molecule has 0 fully saturated rings. The highest BCUT2D eigenvalue weighted by molar-refractivity contribution is 7.11. The van der Waals surface area contributed by atoms with Crippen LogP contribution in [0, 0.1) is 5.92 Å². The molecule has 1 heterocycles. The maximum absolute atomic E-state index is 4.82. The topological polar surface area (TPSA) is 28.2 Å². The molecule has 1 rings (SSSR count). The maximum atomic E-state index is 4.82. The number of nitrogens with zero attached hydrogens (tertiary/aromatic N) is 2. The third-order valence-corrected chi connectivity index (χ3v) is 4.69. The largest absolute Gasteiger partial charge is 0.312 e. The smallest absolute Gasteiger partial charge is 0.0944 e. The van der Waals surface area contributed by atoms with Crippen LogP contribution in [0.3, 0.4) is 0 Å². The molecule has 0 saturated heterocycles. The van der Waals surface area contributed by atoms with Crippen molar-refractivity contribution in [1.29, 1.82) is 0 Å². The van der Waals surface area contributed by atoms with E-state index in [1.165, 1.54) is 15.6 Å². The highest BCUT2D eigenvalue weighted by Crippen LogP contribution is 2.20. The fourth-order valence-corrected chi connectivity index (χ4v) is 3.34. The van der Waals surface area contributed by atoms with Gasteiger partial charge in [0, 0.05) is 24.4 Å². The summed E-state index contributed by atoms with van der Waals surface area (Å²) in [5, 5.41) is 4.84. The lowest BCUT2D eigenvalue weighted by atomic mass is 10.2. The number of aromatic nitrogens is 1. The van der Waals surface area contributed by atoms with E-state index in [1.54, 1.807) is 0 Å². The van der Waals surface area contributed by atoms with E-state index >= 15 is 0 Å². The number of aryl methyl sites for hydroxylation is 1. The van der Waals surface area contributed by atoms with Crippen LogP contribution in [0.25, 0.3) is 0 Å². The molecular formula is C16H31N3S. The molecule has 0 bridgehead atoms. The summed E-state index contributed by atoms with van der Waals surface area (Å²) < 4.78 is 0. The average Bonchev–Trinajstić information content (AvgIpc) is 2.82. The third kappa shape index (κ3) is 5.90. The van der Waals surface area contributed by atoms with Gasteiger partial charge in [-0.05, 0) is 32.0 Å². The number of rotatable bonds is 10. The standard InChI is InChI=1S/C16H31N3S/c1-6-14-15(12-17-11-13(4)5)20-16(18-14)9-10-19(7-2)8-3/h13,17H,6-12H2,1-5H3. The van der Waals surface area contributed by atoms with Gasteiger partial charge >= 0.3 is 0 Å². The van der Waals surface area contributed by atoms with Gasteiger partial charge < -0.3 is 10.2 Å². The Morgan fingerprint density at radius 3 is 2.45 bits per heavy atom. The van der Waals surface area contributed by atoms with Gasteiger partial charge in [0.1, 0.15) is 0 Å². The fraction of sp³-hybridized carbons (Fsp3) is 0.812. The van der Waals surface area contributed by atoms with Gasteiger partial charge in [0.25, 0.3) is 0 Å². The molecule has 0 radical (unpaired) electrons. The first-order chi connectivity index (χ1) is 9.60. The van der Waals surface area contributed by atoms with Gasteiger partial charge in [-0.15, -0.1) is 11.3 Å². The summed E-state index contributed by atoms with van der Waals surface area (Å²) in [5.41, 5.74) is 1.29. The minimum absolute atomic E-state index is 0.704. The summed E-state index contributed by atoms with van der Waals surface area (Å²) in [4.78, 5) is 8.71. The summed E-state index contributed by atoms with van der Waals surface area (Å²) in [7, 11) is 0. The van der Waals surface area contributed by atoms with E-state index in [2.05, 4.69) is 44.8 Å². The zero-order chi connectivity index (χ0) is 15.0. The van der Waals surface area contributed by atoms with Crippen molar-refractivity contribution in [3.05, 3.63) is 15.6 Å². The monoisotopic (exact) mass is 297 g/mol. The zero-order valence-corrected chi connectivity index (χ0v) is 14.6. The number of hydrogen-bond acceptors (Lipinski definition) is 4. The van der Waals surface area contributed by atoms with Gasteiger partial charge in [-0.25, -0.2) is 4.98 Å². The lowest BCUT2D eigenvalue weighted by molar-refractivity contribution is 0.308. The van der Waals surface area contributed by atoms with Crippen molar-refractivity contribution in [3.63, 3.8) is 0 Å². The van der Waals surface area contributed by atoms with E-state index in [9.17, 15) is 0 Å². The summed E-state index contributed by atoms with van der Waals surface area (Å²) >= 11 is 1.90. The molecule has 0 unspecified atom stereocenters. The van der Waals surface area contributed by atoms with Crippen LogP contribution in [0.15, 0.2) is 0 Å². The second-order valence-corrected chi connectivity index (χ2v) is 6.80. The molecule has 1 aromatic rings. The van der Waals surface area contributed by atoms with E-state index in [1.807, 2.05) is 11.3 Å². The van der Waals surface area contributed by atoms with Crippen LogP contribution in [-0.4, -0.2) is 36.1 Å². The molecule has 116 valence electrons. The summed E-state index contributed by atoms with van der Waals surface area (Å²) in [5.74, 6) is 0.704. The van der Waals surface area contributed by atoms with Gasteiger partial charge in [0.2, 0.25) is 0 Å². The van der Waals surface area contributed by atoms with E-state index < -0.39 is 0 Å². The molecule has 1 N–H and O–H groups in total. The van der Waals surface area contributed by atoms with Crippen molar-refractivity contribution < 1.29 is 0 Å². The van der Waals surface area contributed by atoms with Gasteiger partial charge in [-0.1, -0.05) is 34.6 Å². The van der Waals surface area contributed by atoms with Crippen LogP contribution in [0.4, 0.5) is 0 Å². The van der Waals surface area contributed by atoms with Crippen LogP contribution in [0.5, 0.6) is 0 Å². The Morgan fingerprint density at radius 2 is 1.90 bits per heavy atom. The lowest BCUT2D eigenvalue weighted by Gasteiger charge is -2.16. The molecule has 0 aliphatic heterocycles. The Balaban J connectivity index is 2.54. The molecule has 4 heteroatoms. The summed E-state index contributed by atoms with van der Waals surface area (Å²) in [6, 6.07) is 0. The average molecular weight is 298 g/mol. The SMILES string of the molecule is CCc1nc(CCN(CC)CC)sc1CNCC(C)C. The van der Waals surface area contributed by atoms with E-state index in [0.29, 0.717) is 5.92 Å². The second kappa shape index (κ2) is 9.48. The Kier molecular flexibility index (Phi) is 8.34. The van der Waals surface area contributed by atoms with Crippen molar-refractivity contribution in [2.24, 2.45) is 5.92 Å².